The number of hydrogen-bond donors (Lipinski definition) is 2. The van der Waals surface area contributed by atoms with Gasteiger partial charge < -0.3 is 10.4 Å². The Morgan fingerprint density at radius 1 is 1.38 bits per heavy atom. The van der Waals surface area contributed by atoms with Crippen molar-refractivity contribution in [1.82, 2.24) is 20.1 Å². The number of aliphatic hydroxyl groups is 1. The highest BCUT2D eigenvalue weighted by Crippen LogP contribution is 2.15. The van der Waals surface area contributed by atoms with Crippen LogP contribution in [0.3, 0.4) is 0 Å². The monoisotopic (exact) mass is 288 g/mol. The van der Waals surface area contributed by atoms with Crippen molar-refractivity contribution in [3.63, 3.8) is 0 Å². The number of carbonyl (C=O) groups excluding carboxylic acids is 1. The van der Waals surface area contributed by atoms with Crippen LogP contribution in [0.25, 0.3) is 11.4 Å². The van der Waals surface area contributed by atoms with Crippen LogP contribution >= 0.6 is 0 Å². The molecule has 1 unspecified atom stereocenters. The normalized spacial score (nSPS) is 12.1. The van der Waals surface area contributed by atoms with Crippen LogP contribution in [0.5, 0.6) is 0 Å². The third kappa shape index (κ3) is 3.88. The highest BCUT2D eigenvalue weighted by atomic mass is 16.3. The maximum atomic E-state index is 12.1. The zero-order valence-corrected chi connectivity index (χ0v) is 12.3. The molecule has 112 valence electrons. The van der Waals surface area contributed by atoms with Crippen molar-refractivity contribution in [3.05, 3.63) is 36.2 Å². The fourth-order valence-corrected chi connectivity index (χ4v) is 2.05. The predicted molar refractivity (Wildman–Crippen MR) is 79.7 cm³/mol. The maximum Gasteiger partial charge on any atom is 0.251 e. The molecule has 0 fully saturated rings. The largest absolute Gasteiger partial charge is 0.396 e. The highest BCUT2D eigenvalue weighted by Gasteiger charge is 2.12. The van der Waals surface area contributed by atoms with Crippen LogP contribution in [0.1, 0.15) is 30.1 Å². The van der Waals surface area contributed by atoms with E-state index in [2.05, 4.69) is 15.4 Å². The van der Waals surface area contributed by atoms with E-state index in [1.807, 2.05) is 26.1 Å². The summed E-state index contributed by atoms with van der Waals surface area (Å²) in [6.07, 6.45) is 3.00. The lowest BCUT2D eigenvalue weighted by molar-refractivity contribution is 0.0929. The lowest BCUT2D eigenvalue weighted by Crippen LogP contribution is -2.35. The molecule has 0 aliphatic rings. The molecule has 1 heterocycles. The van der Waals surface area contributed by atoms with Gasteiger partial charge in [0.05, 0.1) is 0 Å². The van der Waals surface area contributed by atoms with Gasteiger partial charge in [-0.3, -0.25) is 9.48 Å². The van der Waals surface area contributed by atoms with Crippen molar-refractivity contribution >= 4 is 5.91 Å². The number of aromatic nitrogens is 3. The Hall–Kier alpha value is -2.21. The molecule has 1 atom stereocenters. The number of benzene rings is 1. The number of aryl methyl sites for hydroxylation is 1. The molecule has 6 heteroatoms. The van der Waals surface area contributed by atoms with Gasteiger partial charge in [0.25, 0.3) is 5.91 Å². The molecule has 2 N–H and O–H groups in total. The van der Waals surface area contributed by atoms with Crippen LogP contribution in [0, 0.1) is 0 Å². The molecule has 2 aromatic rings. The zero-order chi connectivity index (χ0) is 15.2. The smallest absolute Gasteiger partial charge is 0.251 e. The number of nitrogens with zero attached hydrogens (tertiary/aromatic N) is 3. The zero-order valence-electron chi connectivity index (χ0n) is 12.3. The van der Waals surface area contributed by atoms with Gasteiger partial charge in [-0.25, -0.2) is 4.98 Å². The highest BCUT2D eigenvalue weighted by molar-refractivity contribution is 5.94. The Morgan fingerprint density at radius 2 is 2.10 bits per heavy atom. The van der Waals surface area contributed by atoms with Crippen molar-refractivity contribution in [2.45, 2.75) is 25.8 Å². The molecule has 0 aliphatic carbocycles. The molecular weight excluding hydrogens is 268 g/mol. The van der Waals surface area contributed by atoms with E-state index in [1.54, 1.807) is 23.1 Å². The first-order valence-corrected chi connectivity index (χ1v) is 7.01. The number of aliphatic hydroxyl groups excluding tert-OH is 1. The molecule has 0 saturated carbocycles. The molecule has 21 heavy (non-hydrogen) atoms. The van der Waals surface area contributed by atoms with E-state index in [9.17, 15) is 4.79 Å². The van der Waals surface area contributed by atoms with Gasteiger partial charge >= 0.3 is 0 Å². The first-order valence-electron chi connectivity index (χ1n) is 7.01. The van der Waals surface area contributed by atoms with Crippen molar-refractivity contribution in [1.29, 1.82) is 0 Å². The summed E-state index contributed by atoms with van der Waals surface area (Å²) in [6, 6.07) is 7.17. The number of nitrogens with one attached hydrogen (secondary N) is 1. The van der Waals surface area contributed by atoms with Crippen molar-refractivity contribution < 1.29 is 9.90 Å². The second-order valence-electron chi connectivity index (χ2n) is 4.91. The van der Waals surface area contributed by atoms with Gasteiger partial charge in [0.15, 0.2) is 5.82 Å². The second kappa shape index (κ2) is 6.99. The Morgan fingerprint density at radius 3 is 2.62 bits per heavy atom. The van der Waals surface area contributed by atoms with E-state index in [0.29, 0.717) is 17.8 Å². The molecule has 1 aromatic carbocycles. The topological polar surface area (TPSA) is 80.0 Å². The average molecular weight is 288 g/mol. The van der Waals surface area contributed by atoms with Crippen LogP contribution in [-0.2, 0) is 7.05 Å². The van der Waals surface area contributed by atoms with Crippen molar-refractivity contribution in [2.75, 3.05) is 6.61 Å². The van der Waals surface area contributed by atoms with E-state index in [0.717, 1.165) is 12.0 Å². The fraction of sp³-hybridized carbons (Fsp3) is 0.400. The Labute approximate surface area is 123 Å². The summed E-state index contributed by atoms with van der Waals surface area (Å²) >= 11 is 0. The van der Waals surface area contributed by atoms with E-state index in [-0.39, 0.29) is 18.6 Å². The van der Waals surface area contributed by atoms with Crippen LogP contribution in [0.4, 0.5) is 0 Å². The summed E-state index contributed by atoms with van der Waals surface area (Å²) in [4.78, 5) is 16.3. The van der Waals surface area contributed by atoms with Crippen molar-refractivity contribution in [3.8, 4) is 11.4 Å². The lowest BCUT2D eigenvalue weighted by Gasteiger charge is -2.15. The van der Waals surface area contributed by atoms with Crippen LogP contribution in [0.15, 0.2) is 30.6 Å². The molecule has 1 aromatic heterocycles. The van der Waals surface area contributed by atoms with Crippen LogP contribution in [0.2, 0.25) is 0 Å². The minimum Gasteiger partial charge on any atom is -0.396 e. The average Bonchev–Trinajstić information content (AvgIpc) is 2.93. The summed E-state index contributed by atoms with van der Waals surface area (Å²) in [5.41, 5.74) is 1.46. The lowest BCUT2D eigenvalue weighted by atomic mass is 10.1. The summed E-state index contributed by atoms with van der Waals surface area (Å²) in [5.74, 6) is 0.506. The summed E-state index contributed by atoms with van der Waals surface area (Å²) in [7, 11) is 1.81. The van der Waals surface area contributed by atoms with Gasteiger partial charge in [-0.2, -0.15) is 5.10 Å². The SMILES string of the molecule is CCC(CCO)NC(=O)c1ccc(-c2ncn(C)n2)cc1. The number of amides is 1. The number of rotatable bonds is 6. The fourth-order valence-electron chi connectivity index (χ4n) is 2.05. The minimum absolute atomic E-state index is 0.000340. The molecule has 1 amide bonds. The summed E-state index contributed by atoms with van der Waals surface area (Å²) < 4.78 is 1.64. The Balaban J connectivity index is 2.06. The van der Waals surface area contributed by atoms with E-state index >= 15 is 0 Å². The molecule has 0 radical (unpaired) electrons. The van der Waals surface area contributed by atoms with Gasteiger partial charge in [-0.1, -0.05) is 19.1 Å². The molecule has 0 bridgehead atoms. The molecule has 0 aliphatic heterocycles. The van der Waals surface area contributed by atoms with Gasteiger partial charge in [-0.05, 0) is 25.0 Å². The van der Waals surface area contributed by atoms with Crippen LogP contribution in [-0.4, -0.2) is 38.4 Å². The van der Waals surface area contributed by atoms with E-state index in [1.165, 1.54) is 0 Å². The Bertz CT molecular complexity index is 592. The summed E-state index contributed by atoms with van der Waals surface area (Å²) in [6.45, 7) is 2.06. The predicted octanol–water partition coefficient (Wildman–Crippen LogP) is 1.37. The Kier molecular flexibility index (Phi) is 5.05. The number of hydrogen-bond acceptors (Lipinski definition) is 4. The molecule has 0 spiro atoms. The molecule has 0 saturated heterocycles. The summed E-state index contributed by atoms with van der Waals surface area (Å²) in [5, 5.41) is 16.1. The third-order valence-electron chi connectivity index (χ3n) is 3.31. The molecular formula is C15H20N4O2. The molecule has 6 nitrogen and oxygen atoms in total. The molecule has 2 rings (SSSR count). The second-order valence-corrected chi connectivity index (χ2v) is 4.91. The van der Waals surface area contributed by atoms with E-state index in [4.69, 9.17) is 5.11 Å². The van der Waals surface area contributed by atoms with Gasteiger partial charge in [0, 0.05) is 30.8 Å². The maximum absolute atomic E-state index is 12.1. The standard InChI is InChI=1S/C15H20N4O2/c1-3-13(8-9-20)17-15(21)12-6-4-11(5-7-12)14-16-10-19(2)18-14/h4-7,10,13,20H,3,8-9H2,1-2H3,(H,17,21). The van der Waals surface area contributed by atoms with Crippen LogP contribution < -0.4 is 5.32 Å². The van der Waals surface area contributed by atoms with Crippen molar-refractivity contribution in [2.24, 2.45) is 7.05 Å². The van der Waals surface area contributed by atoms with Gasteiger partial charge in [-0.15, -0.1) is 0 Å². The van der Waals surface area contributed by atoms with Gasteiger partial charge in [0.1, 0.15) is 6.33 Å². The quantitative estimate of drug-likeness (QED) is 0.841. The third-order valence-corrected chi connectivity index (χ3v) is 3.31. The van der Waals surface area contributed by atoms with Gasteiger partial charge in [0.2, 0.25) is 0 Å². The first-order chi connectivity index (χ1) is 10.1. The minimum atomic E-state index is -0.129. The first kappa shape index (κ1) is 15.2. The number of carbonyl (C=O) groups is 1. The van der Waals surface area contributed by atoms with E-state index < -0.39 is 0 Å².